The standard InChI is InChI=1S/C18H23N3O2/c1-13-11-19-21(12-13)16-7-5-15(6-8-16)18(23)20-9-3-4-17(20)10-14(2)22/h5-8,11-12,14,17,22H,3-4,9-10H2,1-2H3. The monoisotopic (exact) mass is 313 g/mol. The zero-order chi connectivity index (χ0) is 16.4. The Kier molecular flexibility index (Phi) is 4.48. The third-order valence-electron chi connectivity index (χ3n) is 4.34. The highest BCUT2D eigenvalue weighted by Crippen LogP contribution is 2.24. The zero-order valence-corrected chi connectivity index (χ0v) is 13.6. The fraction of sp³-hybridized carbons (Fsp3) is 0.444. The minimum Gasteiger partial charge on any atom is -0.393 e. The highest BCUT2D eigenvalue weighted by molar-refractivity contribution is 5.94. The molecule has 1 aromatic carbocycles. The maximum Gasteiger partial charge on any atom is 0.254 e. The number of aromatic nitrogens is 2. The van der Waals surface area contributed by atoms with E-state index in [1.54, 1.807) is 11.6 Å². The number of aliphatic hydroxyl groups excluding tert-OH is 1. The first-order chi connectivity index (χ1) is 11.0. The third kappa shape index (κ3) is 3.45. The van der Waals surface area contributed by atoms with Crippen LogP contribution in [0.4, 0.5) is 0 Å². The van der Waals surface area contributed by atoms with Crippen LogP contribution in [0.3, 0.4) is 0 Å². The van der Waals surface area contributed by atoms with Crippen molar-refractivity contribution in [3.63, 3.8) is 0 Å². The molecule has 0 saturated carbocycles. The number of aliphatic hydroxyl groups is 1. The summed E-state index contributed by atoms with van der Waals surface area (Å²) < 4.78 is 1.80. The van der Waals surface area contributed by atoms with Crippen molar-refractivity contribution in [1.29, 1.82) is 0 Å². The fourth-order valence-corrected chi connectivity index (χ4v) is 3.22. The molecule has 1 aromatic heterocycles. The summed E-state index contributed by atoms with van der Waals surface area (Å²) in [6, 6.07) is 7.69. The molecular weight excluding hydrogens is 290 g/mol. The average molecular weight is 313 g/mol. The molecule has 1 aliphatic rings. The maximum absolute atomic E-state index is 12.7. The van der Waals surface area contributed by atoms with Crippen LogP contribution in [-0.2, 0) is 0 Å². The molecule has 122 valence electrons. The summed E-state index contributed by atoms with van der Waals surface area (Å²) in [6.07, 6.45) is 6.02. The smallest absolute Gasteiger partial charge is 0.254 e. The Morgan fingerprint density at radius 1 is 1.39 bits per heavy atom. The first-order valence-electron chi connectivity index (χ1n) is 8.15. The lowest BCUT2D eigenvalue weighted by atomic mass is 10.1. The lowest BCUT2D eigenvalue weighted by molar-refractivity contribution is 0.0682. The van der Waals surface area contributed by atoms with E-state index in [0.717, 1.165) is 30.6 Å². The Morgan fingerprint density at radius 3 is 2.74 bits per heavy atom. The molecule has 2 heterocycles. The largest absolute Gasteiger partial charge is 0.393 e. The number of rotatable bonds is 4. The van der Waals surface area contributed by atoms with E-state index in [1.165, 1.54) is 0 Å². The van der Waals surface area contributed by atoms with Gasteiger partial charge in [0.1, 0.15) is 0 Å². The van der Waals surface area contributed by atoms with Gasteiger partial charge in [0.25, 0.3) is 5.91 Å². The summed E-state index contributed by atoms with van der Waals surface area (Å²) in [5.74, 6) is 0.0522. The first-order valence-corrected chi connectivity index (χ1v) is 8.15. The summed E-state index contributed by atoms with van der Waals surface area (Å²) in [5, 5.41) is 13.9. The van der Waals surface area contributed by atoms with Gasteiger partial charge in [-0.1, -0.05) is 0 Å². The van der Waals surface area contributed by atoms with Crippen molar-refractivity contribution in [3.05, 3.63) is 47.8 Å². The zero-order valence-electron chi connectivity index (χ0n) is 13.6. The molecular formula is C18H23N3O2. The molecule has 5 heteroatoms. The predicted octanol–water partition coefficient (Wildman–Crippen LogP) is 2.56. The molecule has 1 N–H and O–H groups in total. The SMILES string of the molecule is Cc1cnn(-c2ccc(C(=O)N3CCCC3CC(C)O)cc2)c1. The number of aryl methyl sites for hydroxylation is 1. The van der Waals surface area contributed by atoms with E-state index in [1.807, 2.05) is 48.5 Å². The molecule has 2 aromatic rings. The lowest BCUT2D eigenvalue weighted by Crippen LogP contribution is -2.37. The van der Waals surface area contributed by atoms with E-state index in [4.69, 9.17) is 0 Å². The number of amides is 1. The minimum atomic E-state index is -0.376. The quantitative estimate of drug-likeness (QED) is 0.944. The molecule has 0 aliphatic carbocycles. The summed E-state index contributed by atoms with van der Waals surface area (Å²) >= 11 is 0. The number of likely N-dealkylation sites (tertiary alicyclic amines) is 1. The number of hydrogen-bond acceptors (Lipinski definition) is 3. The number of nitrogens with zero attached hydrogens (tertiary/aromatic N) is 3. The van der Waals surface area contributed by atoms with Crippen molar-refractivity contribution in [2.45, 2.75) is 45.3 Å². The van der Waals surface area contributed by atoms with E-state index < -0.39 is 0 Å². The molecule has 5 nitrogen and oxygen atoms in total. The minimum absolute atomic E-state index is 0.0522. The molecule has 0 radical (unpaired) electrons. The molecule has 1 saturated heterocycles. The van der Waals surface area contributed by atoms with Gasteiger partial charge in [0.15, 0.2) is 0 Å². The van der Waals surface area contributed by atoms with Crippen LogP contribution in [-0.4, -0.2) is 44.4 Å². The molecule has 23 heavy (non-hydrogen) atoms. The Morgan fingerprint density at radius 2 is 2.13 bits per heavy atom. The summed E-state index contributed by atoms with van der Waals surface area (Å²) in [5.41, 5.74) is 2.73. The normalized spacial score (nSPS) is 19.1. The van der Waals surface area contributed by atoms with Gasteiger partial charge in [-0.25, -0.2) is 4.68 Å². The maximum atomic E-state index is 12.7. The number of hydrogen-bond donors (Lipinski definition) is 1. The molecule has 0 spiro atoms. The van der Waals surface area contributed by atoms with E-state index >= 15 is 0 Å². The highest BCUT2D eigenvalue weighted by atomic mass is 16.3. The molecule has 0 bridgehead atoms. The van der Waals surface area contributed by atoms with Gasteiger partial charge in [-0.3, -0.25) is 4.79 Å². The fourth-order valence-electron chi connectivity index (χ4n) is 3.22. The van der Waals surface area contributed by atoms with Crippen LogP contribution >= 0.6 is 0 Å². The van der Waals surface area contributed by atoms with Gasteiger partial charge in [-0.15, -0.1) is 0 Å². The van der Waals surface area contributed by atoms with Gasteiger partial charge >= 0.3 is 0 Å². The Bertz CT molecular complexity index is 676. The highest BCUT2D eigenvalue weighted by Gasteiger charge is 2.30. The number of carbonyl (C=O) groups excluding carboxylic acids is 1. The second-order valence-electron chi connectivity index (χ2n) is 6.39. The van der Waals surface area contributed by atoms with E-state index in [2.05, 4.69) is 5.10 Å². The van der Waals surface area contributed by atoms with Gasteiger partial charge in [0.2, 0.25) is 0 Å². The van der Waals surface area contributed by atoms with Gasteiger partial charge in [0, 0.05) is 24.3 Å². The van der Waals surface area contributed by atoms with Crippen molar-refractivity contribution in [2.75, 3.05) is 6.54 Å². The first kappa shape index (κ1) is 15.7. The van der Waals surface area contributed by atoms with Crippen LogP contribution in [0.1, 0.15) is 42.1 Å². The second kappa shape index (κ2) is 6.54. The summed E-state index contributed by atoms with van der Waals surface area (Å²) in [6.45, 7) is 4.55. The van der Waals surface area contributed by atoms with Crippen LogP contribution in [0.2, 0.25) is 0 Å². The molecule has 1 aliphatic heterocycles. The van der Waals surface area contributed by atoms with Crippen LogP contribution in [0.15, 0.2) is 36.7 Å². The number of carbonyl (C=O) groups is 1. The van der Waals surface area contributed by atoms with Crippen LogP contribution in [0.25, 0.3) is 5.69 Å². The second-order valence-corrected chi connectivity index (χ2v) is 6.39. The average Bonchev–Trinajstić information content (AvgIpc) is 3.15. The van der Waals surface area contributed by atoms with Crippen molar-refractivity contribution in [3.8, 4) is 5.69 Å². The Hall–Kier alpha value is -2.14. The van der Waals surface area contributed by atoms with Gasteiger partial charge < -0.3 is 10.0 Å². The van der Waals surface area contributed by atoms with E-state index in [0.29, 0.717) is 12.0 Å². The molecule has 1 amide bonds. The molecule has 3 rings (SSSR count). The summed E-state index contributed by atoms with van der Waals surface area (Å²) in [4.78, 5) is 14.6. The predicted molar refractivity (Wildman–Crippen MR) is 88.7 cm³/mol. The Balaban J connectivity index is 1.75. The van der Waals surface area contributed by atoms with Crippen LogP contribution < -0.4 is 0 Å². The van der Waals surface area contributed by atoms with Crippen molar-refractivity contribution >= 4 is 5.91 Å². The lowest BCUT2D eigenvalue weighted by Gasteiger charge is -2.25. The van der Waals surface area contributed by atoms with Crippen LogP contribution in [0, 0.1) is 6.92 Å². The van der Waals surface area contributed by atoms with E-state index in [-0.39, 0.29) is 18.1 Å². The van der Waals surface area contributed by atoms with E-state index in [9.17, 15) is 9.90 Å². The Labute approximate surface area is 136 Å². The van der Waals surface area contributed by atoms with Gasteiger partial charge in [-0.2, -0.15) is 5.10 Å². The molecule has 2 atom stereocenters. The topological polar surface area (TPSA) is 58.4 Å². The summed E-state index contributed by atoms with van der Waals surface area (Å²) in [7, 11) is 0. The van der Waals surface area contributed by atoms with Crippen molar-refractivity contribution in [1.82, 2.24) is 14.7 Å². The number of benzene rings is 1. The van der Waals surface area contributed by atoms with Gasteiger partial charge in [0.05, 0.1) is 18.0 Å². The molecule has 1 fully saturated rings. The molecule has 2 unspecified atom stereocenters. The van der Waals surface area contributed by atoms with Crippen molar-refractivity contribution < 1.29 is 9.90 Å². The third-order valence-corrected chi connectivity index (χ3v) is 4.34. The van der Waals surface area contributed by atoms with Crippen LogP contribution in [0.5, 0.6) is 0 Å². The van der Waals surface area contributed by atoms with Gasteiger partial charge in [-0.05, 0) is 62.9 Å². The van der Waals surface area contributed by atoms with Crippen molar-refractivity contribution in [2.24, 2.45) is 0 Å².